The first kappa shape index (κ1) is 18.9. The second-order valence-electron chi connectivity index (χ2n) is 8.37. The van der Waals surface area contributed by atoms with Crippen molar-refractivity contribution in [2.45, 2.75) is 43.7 Å². The molecule has 1 N–H and O–H groups in total. The van der Waals surface area contributed by atoms with Crippen LogP contribution in [0.5, 0.6) is 0 Å². The van der Waals surface area contributed by atoms with Gasteiger partial charge in [-0.2, -0.15) is 0 Å². The van der Waals surface area contributed by atoms with Crippen molar-refractivity contribution in [1.29, 1.82) is 0 Å². The van der Waals surface area contributed by atoms with E-state index >= 15 is 0 Å². The lowest BCUT2D eigenvalue weighted by Crippen LogP contribution is -2.66. The van der Waals surface area contributed by atoms with E-state index in [4.69, 9.17) is 18.6 Å². The Morgan fingerprint density at radius 1 is 1.10 bits per heavy atom. The summed E-state index contributed by atoms with van der Waals surface area (Å²) in [5.41, 5.74) is -2.45. The molecule has 5 rings (SSSR count). The molecule has 1 aromatic heterocycles. The molecule has 2 saturated heterocycles. The number of furan rings is 1. The van der Waals surface area contributed by atoms with Gasteiger partial charge >= 0.3 is 17.9 Å². The fraction of sp³-hybridized carbons (Fsp3) is 0.409. The molecular weight excluding hydrogens is 392 g/mol. The Bertz CT molecular complexity index is 999. The highest BCUT2D eigenvalue weighted by Crippen LogP contribution is 2.59. The summed E-state index contributed by atoms with van der Waals surface area (Å²) in [6.45, 7) is 1.64. The van der Waals surface area contributed by atoms with Gasteiger partial charge in [0.15, 0.2) is 17.8 Å². The summed E-state index contributed by atoms with van der Waals surface area (Å²) >= 11 is 0. The van der Waals surface area contributed by atoms with Gasteiger partial charge in [0.05, 0.1) is 29.4 Å². The van der Waals surface area contributed by atoms with Crippen molar-refractivity contribution in [3.63, 3.8) is 0 Å². The van der Waals surface area contributed by atoms with Crippen molar-refractivity contribution in [3.8, 4) is 0 Å². The maximum atomic E-state index is 12.9. The van der Waals surface area contributed by atoms with Crippen LogP contribution in [0.15, 0.2) is 53.3 Å². The molecular formula is C22H20O8. The minimum Gasteiger partial charge on any atom is -0.472 e. The van der Waals surface area contributed by atoms with Crippen LogP contribution in [0.3, 0.4) is 0 Å². The molecule has 0 spiro atoms. The predicted octanol–water partition coefficient (Wildman–Crippen LogP) is 2.18. The molecule has 2 aliphatic heterocycles. The minimum atomic E-state index is -2.01. The Hall–Kier alpha value is -3.13. The highest BCUT2D eigenvalue weighted by atomic mass is 16.6. The standard InChI is InChI=1S/C22H20O8/c1-21-9-14(28-19(21)24)10-22(26)17(21)16(29-18(23)12-5-3-2-4-6-12)15(30-20(22)25)13-7-8-27-11-13/h2-8,11,14-17,26H,9-10H2,1H3. The predicted molar refractivity (Wildman–Crippen MR) is 98.8 cm³/mol. The van der Waals surface area contributed by atoms with Crippen molar-refractivity contribution in [3.05, 3.63) is 60.1 Å². The molecule has 156 valence electrons. The van der Waals surface area contributed by atoms with E-state index in [2.05, 4.69) is 0 Å². The van der Waals surface area contributed by atoms with E-state index in [0.29, 0.717) is 17.5 Å². The molecule has 30 heavy (non-hydrogen) atoms. The molecule has 8 nitrogen and oxygen atoms in total. The summed E-state index contributed by atoms with van der Waals surface area (Å²) in [5, 5.41) is 11.4. The summed E-state index contributed by atoms with van der Waals surface area (Å²) in [7, 11) is 0. The van der Waals surface area contributed by atoms with Crippen molar-refractivity contribution in [2.75, 3.05) is 0 Å². The van der Waals surface area contributed by atoms with Crippen molar-refractivity contribution in [2.24, 2.45) is 11.3 Å². The van der Waals surface area contributed by atoms with E-state index in [0.717, 1.165) is 0 Å². The van der Waals surface area contributed by atoms with Crippen LogP contribution in [0.4, 0.5) is 0 Å². The normalized spacial score (nSPS) is 37.1. The third-order valence-corrected chi connectivity index (χ3v) is 6.47. The van der Waals surface area contributed by atoms with Gasteiger partial charge in [-0.15, -0.1) is 0 Å². The van der Waals surface area contributed by atoms with Gasteiger partial charge in [-0.1, -0.05) is 18.2 Å². The number of hydrogen-bond donors (Lipinski definition) is 1. The average Bonchev–Trinajstić information content (AvgIpc) is 3.32. The molecule has 3 fully saturated rings. The molecule has 2 bridgehead atoms. The first-order valence-electron chi connectivity index (χ1n) is 9.75. The second kappa shape index (κ2) is 6.43. The van der Waals surface area contributed by atoms with Gasteiger partial charge in [-0.3, -0.25) is 4.79 Å². The quantitative estimate of drug-likeness (QED) is 0.603. The number of carbonyl (C=O) groups is 3. The monoisotopic (exact) mass is 412 g/mol. The molecule has 3 heterocycles. The van der Waals surface area contributed by atoms with Gasteiger partial charge in [0, 0.05) is 18.4 Å². The Kier molecular flexibility index (Phi) is 4.05. The minimum absolute atomic E-state index is 0.102. The van der Waals surface area contributed by atoms with Crippen LogP contribution in [0.2, 0.25) is 0 Å². The Labute approximate surface area is 171 Å². The molecule has 0 radical (unpaired) electrons. The lowest BCUT2D eigenvalue weighted by atomic mass is 9.57. The number of ether oxygens (including phenoxy) is 3. The zero-order valence-corrected chi connectivity index (χ0v) is 16.1. The third kappa shape index (κ3) is 2.60. The number of carbonyl (C=O) groups excluding carboxylic acids is 3. The summed E-state index contributed by atoms with van der Waals surface area (Å²) in [6, 6.07) is 9.94. The fourth-order valence-electron chi connectivity index (χ4n) is 5.15. The van der Waals surface area contributed by atoms with Gasteiger partial charge < -0.3 is 23.7 Å². The molecule has 1 aromatic carbocycles. The number of cyclic esters (lactones) is 1. The maximum absolute atomic E-state index is 12.9. The number of hydrogen-bond acceptors (Lipinski definition) is 8. The van der Waals surface area contributed by atoms with Crippen molar-refractivity contribution < 1.29 is 38.1 Å². The first-order valence-corrected chi connectivity index (χ1v) is 9.75. The Morgan fingerprint density at radius 3 is 2.57 bits per heavy atom. The van der Waals surface area contributed by atoms with E-state index < -0.39 is 53.2 Å². The smallest absolute Gasteiger partial charge is 0.339 e. The number of aliphatic hydroxyl groups is 1. The second-order valence-corrected chi connectivity index (χ2v) is 8.37. The number of rotatable bonds is 3. The summed E-state index contributed by atoms with van der Waals surface area (Å²) in [4.78, 5) is 38.5. The van der Waals surface area contributed by atoms with Crippen LogP contribution in [0.25, 0.3) is 0 Å². The van der Waals surface area contributed by atoms with E-state index in [1.165, 1.54) is 12.5 Å². The molecule has 0 amide bonds. The van der Waals surface area contributed by atoms with E-state index in [-0.39, 0.29) is 6.42 Å². The van der Waals surface area contributed by atoms with Crippen LogP contribution in [-0.2, 0) is 23.8 Å². The molecule has 2 aromatic rings. The topological polar surface area (TPSA) is 112 Å². The first-order chi connectivity index (χ1) is 14.3. The van der Waals surface area contributed by atoms with Crippen LogP contribution >= 0.6 is 0 Å². The van der Waals surface area contributed by atoms with E-state index in [1.807, 2.05) is 0 Å². The van der Waals surface area contributed by atoms with Crippen LogP contribution in [0.1, 0.15) is 41.8 Å². The van der Waals surface area contributed by atoms with Gasteiger partial charge in [-0.05, 0) is 25.1 Å². The number of esters is 3. The zero-order chi connectivity index (χ0) is 21.1. The highest BCUT2D eigenvalue weighted by molar-refractivity contribution is 5.90. The van der Waals surface area contributed by atoms with Crippen LogP contribution in [-0.4, -0.2) is 40.8 Å². The lowest BCUT2D eigenvalue weighted by molar-refractivity contribution is -0.238. The van der Waals surface area contributed by atoms with E-state index in [9.17, 15) is 19.5 Å². The zero-order valence-electron chi connectivity index (χ0n) is 16.1. The molecule has 1 aliphatic carbocycles. The number of benzene rings is 1. The molecule has 1 saturated carbocycles. The summed E-state index contributed by atoms with van der Waals surface area (Å²) < 4.78 is 21.9. The van der Waals surface area contributed by atoms with Crippen molar-refractivity contribution >= 4 is 17.9 Å². The van der Waals surface area contributed by atoms with Crippen LogP contribution in [0, 0.1) is 11.3 Å². The molecule has 6 unspecified atom stereocenters. The van der Waals surface area contributed by atoms with Gasteiger partial charge in [0.2, 0.25) is 0 Å². The molecule has 8 heteroatoms. The largest absolute Gasteiger partial charge is 0.472 e. The van der Waals surface area contributed by atoms with E-state index in [1.54, 1.807) is 43.3 Å². The van der Waals surface area contributed by atoms with Gasteiger partial charge in [-0.25, -0.2) is 9.59 Å². The third-order valence-electron chi connectivity index (χ3n) is 6.47. The number of fused-ring (bicyclic) bond motifs is 4. The SMILES string of the molecule is CC12CC(CC3(O)C(=O)OC(c4ccoc4)C(OC(=O)c4ccccc4)C13)OC2=O. The van der Waals surface area contributed by atoms with Gasteiger partial charge in [0.25, 0.3) is 0 Å². The van der Waals surface area contributed by atoms with Gasteiger partial charge in [0.1, 0.15) is 6.10 Å². The molecule has 6 atom stereocenters. The Balaban J connectivity index is 1.61. The summed E-state index contributed by atoms with van der Waals surface area (Å²) in [5.74, 6) is -3.06. The van der Waals surface area contributed by atoms with Crippen LogP contribution < -0.4 is 0 Å². The maximum Gasteiger partial charge on any atom is 0.339 e. The summed E-state index contributed by atoms with van der Waals surface area (Å²) in [6.07, 6.45) is 0.270. The molecule has 3 aliphatic rings. The Morgan fingerprint density at radius 2 is 1.87 bits per heavy atom. The highest BCUT2D eigenvalue weighted by Gasteiger charge is 2.72. The lowest BCUT2D eigenvalue weighted by Gasteiger charge is -2.52. The fourth-order valence-corrected chi connectivity index (χ4v) is 5.15. The average molecular weight is 412 g/mol. The van der Waals surface area contributed by atoms with Crippen molar-refractivity contribution in [1.82, 2.24) is 0 Å².